The lowest BCUT2D eigenvalue weighted by Gasteiger charge is -2.17. The van der Waals surface area contributed by atoms with E-state index >= 15 is 0 Å². The SMILES string of the molecule is CCCn1c(=O)[nH]c(NC(=O)Cc2ccccc2)c(CC(N)c2ccc([N+](=O)[O-])cc2)c1=O. The highest BCUT2D eigenvalue weighted by Crippen LogP contribution is 2.21. The Balaban J connectivity index is 1.92. The number of nitro benzene ring substituents is 1. The number of hydrogen-bond donors (Lipinski definition) is 3. The first-order valence-electron chi connectivity index (χ1n) is 10.5. The third-order valence-electron chi connectivity index (χ3n) is 5.16. The molecule has 0 saturated heterocycles. The molecular weight excluding hydrogens is 426 g/mol. The highest BCUT2D eigenvalue weighted by Gasteiger charge is 2.20. The Morgan fingerprint density at radius 1 is 1.15 bits per heavy atom. The van der Waals surface area contributed by atoms with Gasteiger partial charge in [0.05, 0.1) is 16.9 Å². The minimum Gasteiger partial charge on any atom is -0.324 e. The summed E-state index contributed by atoms with van der Waals surface area (Å²) in [6, 6.07) is 14.1. The maximum Gasteiger partial charge on any atom is 0.329 e. The van der Waals surface area contributed by atoms with E-state index in [9.17, 15) is 24.5 Å². The minimum atomic E-state index is -0.691. The van der Waals surface area contributed by atoms with E-state index in [2.05, 4.69) is 10.3 Å². The molecule has 0 fully saturated rings. The van der Waals surface area contributed by atoms with Crippen molar-refractivity contribution in [1.29, 1.82) is 0 Å². The number of H-pyrrole nitrogens is 1. The number of nitrogens with zero attached hydrogens (tertiary/aromatic N) is 2. The molecule has 0 aliphatic rings. The fourth-order valence-electron chi connectivity index (χ4n) is 3.48. The van der Waals surface area contributed by atoms with Gasteiger partial charge in [-0.15, -0.1) is 0 Å². The van der Waals surface area contributed by atoms with Crippen molar-refractivity contribution >= 4 is 17.4 Å². The summed E-state index contributed by atoms with van der Waals surface area (Å²) >= 11 is 0. The van der Waals surface area contributed by atoms with Crippen LogP contribution in [-0.4, -0.2) is 20.4 Å². The average Bonchev–Trinajstić information content (AvgIpc) is 2.79. The van der Waals surface area contributed by atoms with Crippen LogP contribution in [0.4, 0.5) is 11.5 Å². The van der Waals surface area contributed by atoms with E-state index in [4.69, 9.17) is 5.73 Å². The Hall–Kier alpha value is -4.05. The quantitative estimate of drug-likeness (QED) is 0.335. The van der Waals surface area contributed by atoms with Gasteiger partial charge >= 0.3 is 5.69 Å². The van der Waals surface area contributed by atoms with E-state index in [1.54, 1.807) is 12.1 Å². The molecule has 10 heteroatoms. The van der Waals surface area contributed by atoms with Crippen LogP contribution in [0.2, 0.25) is 0 Å². The average molecular weight is 451 g/mol. The van der Waals surface area contributed by atoms with Crippen molar-refractivity contribution in [2.24, 2.45) is 5.73 Å². The zero-order chi connectivity index (χ0) is 24.0. The number of amides is 1. The van der Waals surface area contributed by atoms with Gasteiger partial charge in [-0.1, -0.05) is 49.4 Å². The Morgan fingerprint density at radius 2 is 1.82 bits per heavy atom. The predicted octanol–water partition coefficient (Wildman–Crippen LogP) is 2.28. The number of carbonyl (C=O) groups is 1. The molecule has 0 saturated carbocycles. The topological polar surface area (TPSA) is 153 Å². The van der Waals surface area contributed by atoms with Crippen molar-refractivity contribution in [3.63, 3.8) is 0 Å². The molecule has 0 radical (unpaired) electrons. The standard InChI is InChI=1S/C23H25N5O5/c1-2-12-27-22(30)18(14-19(24)16-8-10-17(11-9-16)28(32)33)21(26-23(27)31)25-20(29)13-15-6-4-3-5-7-15/h3-11,19H,2,12-14,24H2,1H3,(H,25,29)(H,26,31). The van der Waals surface area contributed by atoms with Gasteiger partial charge in [0.2, 0.25) is 5.91 Å². The first-order chi connectivity index (χ1) is 15.8. The maximum atomic E-state index is 13.1. The van der Waals surface area contributed by atoms with Crippen LogP contribution >= 0.6 is 0 Å². The first-order valence-corrected chi connectivity index (χ1v) is 10.5. The molecule has 10 nitrogen and oxygen atoms in total. The lowest BCUT2D eigenvalue weighted by atomic mass is 10.00. The molecule has 0 bridgehead atoms. The zero-order valence-corrected chi connectivity index (χ0v) is 18.1. The summed E-state index contributed by atoms with van der Waals surface area (Å²) in [6.07, 6.45) is 0.642. The smallest absolute Gasteiger partial charge is 0.324 e. The lowest BCUT2D eigenvalue weighted by Crippen LogP contribution is -2.39. The highest BCUT2D eigenvalue weighted by atomic mass is 16.6. The molecule has 3 rings (SSSR count). The molecule has 0 aliphatic heterocycles. The second-order valence-electron chi connectivity index (χ2n) is 7.61. The number of anilines is 1. The molecular formula is C23H25N5O5. The lowest BCUT2D eigenvalue weighted by molar-refractivity contribution is -0.384. The molecule has 172 valence electrons. The summed E-state index contributed by atoms with van der Waals surface area (Å²) in [6.45, 7) is 2.05. The van der Waals surface area contributed by atoms with Crippen LogP contribution in [0, 0.1) is 10.1 Å². The van der Waals surface area contributed by atoms with E-state index in [0.717, 1.165) is 10.1 Å². The largest absolute Gasteiger partial charge is 0.329 e. The van der Waals surface area contributed by atoms with Gasteiger partial charge in [-0.05, 0) is 17.5 Å². The van der Waals surface area contributed by atoms with Gasteiger partial charge in [0.1, 0.15) is 5.82 Å². The van der Waals surface area contributed by atoms with Crippen LogP contribution < -0.4 is 22.3 Å². The van der Waals surface area contributed by atoms with Gasteiger partial charge in [0.25, 0.3) is 11.2 Å². The van der Waals surface area contributed by atoms with Crippen molar-refractivity contribution in [3.05, 3.63) is 102 Å². The van der Waals surface area contributed by atoms with Crippen LogP contribution in [0.5, 0.6) is 0 Å². The van der Waals surface area contributed by atoms with E-state index in [-0.39, 0.29) is 36.5 Å². The van der Waals surface area contributed by atoms with Gasteiger partial charge in [0.15, 0.2) is 0 Å². The van der Waals surface area contributed by atoms with Crippen molar-refractivity contribution in [2.75, 3.05) is 5.32 Å². The number of carbonyl (C=O) groups excluding carboxylic acids is 1. The first kappa shape index (κ1) is 23.6. The number of aromatic nitrogens is 2. The molecule has 4 N–H and O–H groups in total. The second-order valence-corrected chi connectivity index (χ2v) is 7.61. The number of non-ortho nitro benzene ring substituents is 1. The molecule has 1 atom stereocenters. The molecule has 1 unspecified atom stereocenters. The van der Waals surface area contributed by atoms with Crippen LogP contribution in [0.25, 0.3) is 0 Å². The Labute approximate surface area is 189 Å². The molecule has 2 aromatic carbocycles. The Kier molecular flexibility index (Phi) is 7.52. The molecule has 0 spiro atoms. The van der Waals surface area contributed by atoms with Gasteiger partial charge in [-0.2, -0.15) is 0 Å². The summed E-state index contributed by atoms with van der Waals surface area (Å²) in [7, 11) is 0. The number of aromatic amines is 1. The van der Waals surface area contributed by atoms with Crippen LogP contribution in [0.15, 0.2) is 64.2 Å². The summed E-state index contributed by atoms with van der Waals surface area (Å²) in [5.74, 6) is -0.384. The fraction of sp³-hybridized carbons (Fsp3) is 0.261. The number of benzene rings is 2. The second kappa shape index (κ2) is 10.5. The monoisotopic (exact) mass is 451 g/mol. The van der Waals surface area contributed by atoms with Gasteiger partial charge < -0.3 is 11.1 Å². The Morgan fingerprint density at radius 3 is 2.42 bits per heavy atom. The molecule has 33 heavy (non-hydrogen) atoms. The van der Waals surface area contributed by atoms with E-state index in [1.807, 2.05) is 25.1 Å². The number of nitrogens with two attached hydrogens (primary N) is 1. The number of hydrogen-bond acceptors (Lipinski definition) is 6. The Bertz CT molecular complexity index is 1250. The third-order valence-corrected chi connectivity index (χ3v) is 5.16. The van der Waals surface area contributed by atoms with Crippen molar-refractivity contribution in [3.8, 4) is 0 Å². The fourth-order valence-corrected chi connectivity index (χ4v) is 3.48. The van der Waals surface area contributed by atoms with Crippen molar-refractivity contribution in [2.45, 2.75) is 38.8 Å². The molecule has 1 amide bonds. The summed E-state index contributed by atoms with van der Waals surface area (Å²) in [4.78, 5) is 51.1. The summed E-state index contributed by atoms with van der Waals surface area (Å²) in [5, 5.41) is 13.5. The minimum absolute atomic E-state index is 0.00986. The van der Waals surface area contributed by atoms with E-state index < -0.39 is 28.1 Å². The van der Waals surface area contributed by atoms with Crippen LogP contribution in [0.1, 0.15) is 36.1 Å². The number of nitro groups is 1. The summed E-state index contributed by atoms with van der Waals surface area (Å²) < 4.78 is 1.07. The van der Waals surface area contributed by atoms with E-state index in [1.165, 1.54) is 24.3 Å². The molecule has 0 aliphatic carbocycles. The third kappa shape index (κ3) is 5.80. The highest BCUT2D eigenvalue weighted by molar-refractivity contribution is 5.91. The number of rotatable bonds is 9. The summed E-state index contributed by atoms with van der Waals surface area (Å²) in [5.41, 5.74) is 6.57. The maximum absolute atomic E-state index is 13.1. The van der Waals surface area contributed by atoms with Crippen molar-refractivity contribution in [1.82, 2.24) is 9.55 Å². The number of nitrogens with one attached hydrogen (secondary N) is 2. The van der Waals surface area contributed by atoms with Crippen LogP contribution in [-0.2, 0) is 24.2 Å². The normalized spacial score (nSPS) is 11.7. The van der Waals surface area contributed by atoms with Crippen LogP contribution in [0.3, 0.4) is 0 Å². The zero-order valence-electron chi connectivity index (χ0n) is 18.1. The molecule has 3 aromatic rings. The van der Waals surface area contributed by atoms with Gasteiger partial charge in [-0.3, -0.25) is 29.3 Å². The molecule has 1 aromatic heterocycles. The molecule has 1 heterocycles. The van der Waals surface area contributed by atoms with Crippen molar-refractivity contribution < 1.29 is 9.72 Å². The predicted molar refractivity (Wildman–Crippen MR) is 124 cm³/mol. The van der Waals surface area contributed by atoms with Gasteiger partial charge in [0, 0.05) is 31.1 Å². The van der Waals surface area contributed by atoms with E-state index in [0.29, 0.717) is 12.0 Å². The van der Waals surface area contributed by atoms with Gasteiger partial charge in [-0.25, -0.2) is 4.79 Å².